The van der Waals surface area contributed by atoms with E-state index in [1.165, 1.54) is 13.0 Å². The molecule has 1 aromatic carbocycles. The summed E-state index contributed by atoms with van der Waals surface area (Å²) in [4.78, 5) is 11.0. The fraction of sp³-hybridized carbons (Fsp3) is 0.417. The molecule has 1 rings (SSSR count). The topological polar surface area (TPSA) is 55.1 Å². The van der Waals surface area contributed by atoms with Gasteiger partial charge in [0.05, 0.1) is 5.56 Å². The predicted molar refractivity (Wildman–Crippen MR) is 63.1 cm³/mol. The summed E-state index contributed by atoms with van der Waals surface area (Å²) in [6.45, 7) is 2.99. The summed E-state index contributed by atoms with van der Waals surface area (Å²) in [5.41, 5.74) is 5.57. The second-order valence-electron chi connectivity index (χ2n) is 4.23. The van der Waals surface area contributed by atoms with Crippen LogP contribution in [0.4, 0.5) is 18.9 Å². The van der Waals surface area contributed by atoms with E-state index >= 15 is 0 Å². The Hall–Kier alpha value is -1.56. The Labute approximate surface area is 103 Å². The molecule has 6 heteroatoms. The summed E-state index contributed by atoms with van der Waals surface area (Å²) in [5.74, 6) is -0.416. The van der Waals surface area contributed by atoms with E-state index in [-0.39, 0.29) is 11.7 Å². The molecular formula is C12H15F3N2O. The van der Waals surface area contributed by atoms with Crippen molar-refractivity contribution in [3.05, 3.63) is 29.3 Å². The van der Waals surface area contributed by atoms with Crippen LogP contribution >= 0.6 is 0 Å². The molecule has 100 valence electrons. The van der Waals surface area contributed by atoms with Crippen LogP contribution in [0.3, 0.4) is 0 Å². The molecule has 0 spiro atoms. The van der Waals surface area contributed by atoms with Gasteiger partial charge >= 0.3 is 6.18 Å². The van der Waals surface area contributed by atoms with Gasteiger partial charge in [0, 0.05) is 18.7 Å². The average Bonchev–Trinajstić information content (AvgIpc) is 2.17. The molecule has 0 aliphatic rings. The molecule has 1 amide bonds. The van der Waals surface area contributed by atoms with Crippen molar-refractivity contribution in [2.45, 2.75) is 32.5 Å². The highest BCUT2D eigenvalue weighted by molar-refractivity contribution is 5.89. The van der Waals surface area contributed by atoms with Crippen molar-refractivity contribution in [1.82, 2.24) is 0 Å². The number of anilines is 1. The zero-order valence-corrected chi connectivity index (χ0v) is 10.1. The fourth-order valence-corrected chi connectivity index (χ4v) is 1.58. The van der Waals surface area contributed by atoms with Gasteiger partial charge in [0.25, 0.3) is 0 Å². The standard InChI is InChI=1S/C12H15F3N2O/c1-7(16)5-9-3-4-10(12(13,14)15)6-11(9)17-8(2)18/h3-4,6-7H,5,16H2,1-2H3,(H,17,18). The minimum atomic E-state index is -4.43. The summed E-state index contributed by atoms with van der Waals surface area (Å²) >= 11 is 0. The highest BCUT2D eigenvalue weighted by atomic mass is 19.4. The van der Waals surface area contributed by atoms with Crippen molar-refractivity contribution < 1.29 is 18.0 Å². The van der Waals surface area contributed by atoms with E-state index in [0.29, 0.717) is 12.0 Å². The number of benzene rings is 1. The molecule has 18 heavy (non-hydrogen) atoms. The van der Waals surface area contributed by atoms with E-state index in [1.54, 1.807) is 6.92 Å². The average molecular weight is 260 g/mol. The fourth-order valence-electron chi connectivity index (χ4n) is 1.58. The first-order valence-corrected chi connectivity index (χ1v) is 5.43. The lowest BCUT2D eigenvalue weighted by molar-refractivity contribution is -0.137. The van der Waals surface area contributed by atoms with Crippen molar-refractivity contribution >= 4 is 11.6 Å². The summed E-state index contributed by atoms with van der Waals surface area (Å²) in [6.07, 6.45) is -4.03. The highest BCUT2D eigenvalue weighted by Gasteiger charge is 2.31. The SMILES string of the molecule is CC(=O)Nc1cc(C(F)(F)F)ccc1CC(C)N. The molecule has 0 bridgehead atoms. The predicted octanol–water partition coefficient (Wildman–Crippen LogP) is 2.55. The van der Waals surface area contributed by atoms with Crippen LogP contribution in [0.2, 0.25) is 0 Å². The minimum Gasteiger partial charge on any atom is -0.328 e. The van der Waals surface area contributed by atoms with Crippen molar-refractivity contribution in [3.8, 4) is 0 Å². The third kappa shape index (κ3) is 4.03. The molecule has 0 radical (unpaired) electrons. The quantitative estimate of drug-likeness (QED) is 0.877. The maximum absolute atomic E-state index is 12.6. The van der Waals surface area contributed by atoms with Crippen LogP contribution in [0.15, 0.2) is 18.2 Å². The van der Waals surface area contributed by atoms with Crippen LogP contribution in [0, 0.1) is 0 Å². The lowest BCUT2D eigenvalue weighted by atomic mass is 10.0. The van der Waals surface area contributed by atoms with Gasteiger partial charge in [-0.2, -0.15) is 13.2 Å². The summed E-state index contributed by atoms with van der Waals surface area (Å²) < 4.78 is 37.7. The van der Waals surface area contributed by atoms with Gasteiger partial charge < -0.3 is 11.1 Å². The molecule has 3 N–H and O–H groups in total. The number of carbonyl (C=O) groups is 1. The van der Waals surface area contributed by atoms with Gasteiger partial charge in [0.2, 0.25) is 5.91 Å². The Bertz CT molecular complexity index is 441. The van der Waals surface area contributed by atoms with Gasteiger partial charge in [-0.25, -0.2) is 0 Å². The van der Waals surface area contributed by atoms with Gasteiger partial charge in [-0.15, -0.1) is 0 Å². The van der Waals surface area contributed by atoms with Crippen LogP contribution in [-0.4, -0.2) is 11.9 Å². The van der Waals surface area contributed by atoms with E-state index in [1.807, 2.05) is 0 Å². The second kappa shape index (κ2) is 5.39. The lowest BCUT2D eigenvalue weighted by Gasteiger charge is -2.15. The minimum absolute atomic E-state index is 0.162. The van der Waals surface area contributed by atoms with Gasteiger partial charge in [0.1, 0.15) is 0 Å². The van der Waals surface area contributed by atoms with Crippen LogP contribution in [0.25, 0.3) is 0 Å². The molecule has 0 aliphatic carbocycles. The monoisotopic (exact) mass is 260 g/mol. The highest BCUT2D eigenvalue weighted by Crippen LogP contribution is 2.32. The van der Waals surface area contributed by atoms with Crippen molar-refractivity contribution in [1.29, 1.82) is 0 Å². The Morgan fingerprint density at radius 1 is 1.44 bits per heavy atom. The number of nitrogens with one attached hydrogen (secondary N) is 1. The Balaban J connectivity index is 3.16. The van der Waals surface area contributed by atoms with Crippen molar-refractivity contribution in [2.75, 3.05) is 5.32 Å². The zero-order valence-electron chi connectivity index (χ0n) is 10.1. The third-order valence-corrected chi connectivity index (χ3v) is 2.29. The lowest BCUT2D eigenvalue weighted by Crippen LogP contribution is -2.20. The number of alkyl halides is 3. The third-order valence-electron chi connectivity index (χ3n) is 2.29. The number of carbonyl (C=O) groups excluding carboxylic acids is 1. The Morgan fingerprint density at radius 3 is 2.50 bits per heavy atom. The van der Waals surface area contributed by atoms with E-state index in [2.05, 4.69) is 5.32 Å². The first-order valence-electron chi connectivity index (χ1n) is 5.43. The normalized spacial score (nSPS) is 13.2. The van der Waals surface area contributed by atoms with Gasteiger partial charge in [-0.3, -0.25) is 4.79 Å². The number of nitrogens with two attached hydrogens (primary N) is 1. The molecule has 0 heterocycles. The summed E-state index contributed by atoms with van der Waals surface area (Å²) in [6, 6.07) is 3.06. The van der Waals surface area contributed by atoms with Crippen molar-refractivity contribution in [3.63, 3.8) is 0 Å². The number of halogens is 3. The van der Waals surface area contributed by atoms with E-state index < -0.39 is 17.6 Å². The molecule has 1 unspecified atom stereocenters. The number of rotatable bonds is 3. The molecule has 0 aliphatic heterocycles. The molecule has 0 saturated heterocycles. The maximum Gasteiger partial charge on any atom is 0.416 e. The molecule has 1 aromatic rings. The molecule has 3 nitrogen and oxygen atoms in total. The number of hydrogen-bond acceptors (Lipinski definition) is 2. The first-order chi connectivity index (χ1) is 8.20. The molecule has 0 fully saturated rings. The van der Waals surface area contributed by atoms with Gasteiger partial charge in [0.15, 0.2) is 0 Å². The van der Waals surface area contributed by atoms with E-state index in [0.717, 1.165) is 12.1 Å². The largest absolute Gasteiger partial charge is 0.416 e. The number of amides is 1. The number of hydrogen-bond donors (Lipinski definition) is 2. The molecule has 0 aromatic heterocycles. The van der Waals surface area contributed by atoms with Gasteiger partial charge in [-0.05, 0) is 31.0 Å². The summed E-state index contributed by atoms with van der Waals surface area (Å²) in [5, 5.41) is 2.40. The molecule has 1 atom stereocenters. The van der Waals surface area contributed by atoms with Crippen LogP contribution < -0.4 is 11.1 Å². The van der Waals surface area contributed by atoms with Crippen LogP contribution in [0.1, 0.15) is 25.0 Å². The molecule has 0 saturated carbocycles. The molecular weight excluding hydrogens is 245 g/mol. The van der Waals surface area contributed by atoms with Crippen molar-refractivity contribution in [2.24, 2.45) is 5.73 Å². The zero-order chi connectivity index (χ0) is 13.9. The van der Waals surface area contributed by atoms with Crippen LogP contribution in [-0.2, 0) is 17.4 Å². The first kappa shape index (κ1) is 14.5. The maximum atomic E-state index is 12.6. The smallest absolute Gasteiger partial charge is 0.328 e. The van der Waals surface area contributed by atoms with Gasteiger partial charge in [-0.1, -0.05) is 6.07 Å². The van der Waals surface area contributed by atoms with E-state index in [4.69, 9.17) is 5.73 Å². The second-order valence-corrected chi connectivity index (χ2v) is 4.23. The summed E-state index contributed by atoms with van der Waals surface area (Å²) in [7, 11) is 0. The Kier molecular flexibility index (Phi) is 4.34. The Morgan fingerprint density at radius 2 is 2.06 bits per heavy atom. The van der Waals surface area contributed by atoms with Crippen LogP contribution in [0.5, 0.6) is 0 Å². The van der Waals surface area contributed by atoms with E-state index in [9.17, 15) is 18.0 Å².